The van der Waals surface area contributed by atoms with Gasteiger partial charge in [-0.25, -0.2) is 4.79 Å². The van der Waals surface area contributed by atoms with E-state index in [4.69, 9.17) is 14.2 Å². The van der Waals surface area contributed by atoms with Gasteiger partial charge in [0.25, 0.3) is 0 Å². The summed E-state index contributed by atoms with van der Waals surface area (Å²) >= 11 is 0. The van der Waals surface area contributed by atoms with Crippen LogP contribution in [0.2, 0.25) is 0 Å². The van der Waals surface area contributed by atoms with Crippen LogP contribution in [0, 0.1) is 23.2 Å². The minimum Gasteiger partial charge on any atom is -0.505 e. The van der Waals surface area contributed by atoms with Crippen LogP contribution in [0.1, 0.15) is 40.5 Å². The summed E-state index contributed by atoms with van der Waals surface area (Å²) in [6, 6.07) is 0. The molecule has 2 heterocycles. The molecule has 0 bridgehead atoms. The van der Waals surface area contributed by atoms with Crippen molar-refractivity contribution in [2.24, 2.45) is 23.2 Å². The molecule has 1 saturated carbocycles. The van der Waals surface area contributed by atoms with Crippen molar-refractivity contribution in [3.05, 3.63) is 12.3 Å². The summed E-state index contributed by atoms with van der Waals surface area (Å²) in [6.45, 7) is 8.82. The summed E-state index contributed by atoms with van der Waals surface area (Å²) in [5, 5.41) is 0. The predicted octanol–water partition coefficient (Wildman–Crippen LogP) is 2.92. The topological polar surface area (TPSA) is 48.1 Å². The minimum absolute atomic E-state index is 0.113. The van der Waals surface area contributed by atoms with Crippen LogP contribution in [0.5, 0.6) is 0 Å². The zero-order chi connectivity index (χ0) is 15.4. The van der Waals surface area contributed by atoms with E-state index < -0.39 is 0 Å². The number of hydrogen-bond donors (Lipinski definition) is 0. The van der Waals surface area contributed by atoms with Crippen molar-refractivity contribution in [2.45, 2.75) is 58.3 Å². The lowest BCUT2D eigenvalue weighted by atomic mass is 9.53. The van der Waals surface area contributed by atoms with E-state index in [0.717, 1.165) is 12.8 Å². The number of rotatable bonds is 3. The summed E-state index contributed by atoms with van der Waals surface area (Å²) in [6.07, 6.45) is 5.34. The number of esters is 1. The van der Waals surface area contributed by atoms with E-state index in [1.807, 2.05) is 6.08 Å². The molecule has 1 spiro atoms. The van der Waals surface area contributed by atoms with Crippen molar-refractivity contribution in [1.29, 1.82) is 0 Å². The van der Waals surface area contributed by atoms with Crippen LogP contribution in [-0.4, -0.2) is 30.9 Å². The van der Waals surface area contributed by atoms with Crippen LogP contribution in [-0.2, 0) is 19.0 Å². The average Bonchev–Trinajstić information content (AvgIpc) is 3.22. The van der Waals surface area contributed by atoms with Crippen molar-refractivity contribution >= 4 is 5.97 Å². The first-order valence-corrected chi connectivity index (χ1v) is 7.96. The van der Waals surface area contributed by atoms with Gasteiger partial charge in [-0.15, -0.1) is 0 Å². The molecule has 0 aromatic rings. The zero-order valence-corrected chi connectivity index (χ0v) is 13.6. The number of epoxide rings is 1. The third-order valence-corrected chi connectivity index (χ3v) is 6.27. The Bertz CT molecular complexity index is 473. The molecule has 0 aromatic carbocycles. The predicted molar refractivity (Wildman–Crippen MR) is 78.5 cm³/mol. The number of carbonyl (C=O) groups excluding carboxylic acids is 1. The highest BCUT2D eigenvalue weighted by Crippen LogP contribution is 2.67. The maximum absolute atomic E-state index is 12.3. The molecule has 7 atom stereocenters. The Morgan fingerprint density at radius 2 is 2.14 bits per heavy atom. The van der Waals surface area contributed by atoms with Gasteiger partial charge in [-0.05, 0) is 30.8 Å². The van der Waals surface area contributed by atoms with Gasteiger partial charge >= 0.3 is 5.97 Å². The third kappa shape index (κ3) is 1.81. The molecule has 0 aromatic heterocycles. The molecule has 4 nitrogen and oxygen atoms in total. The number of ether oxygens (including phenoxy) is 3. The molecule has 0 radical (unpaired) electrons. The minimum atomic E-state index is -0.352. The molecular weight excluding hydrogens is 268 g/mol. The van der Waals surface area contributed by atoms with Crippen LogP contribution in [0.25, 0.3) is 0 Å². The summed E-state index contributed by atoms with van der Waals surface area (Å²) in [7, 11) is 1.63. The Morgan fingerprint density at radius 1 is 1.43 bits per heavy atom. The molecule has 4 heteroatoms. The molecule has 2 aliphatic heterocycles. The van der Waals surface area contributed by atoms with Gasteiger partial charge in [0.05, 0.1) is 13.4 Å². The Balaban J connectivity index is 1.96. The summed E-state index contributed by atoms with van der Waals surface area (Å²) in [5.41, 5.74) is -0.436. The Morgan fingerprint density at radius 3 is 2.81 bits per heavy atom. The first kappa shape index (κ1) is 14.9. The quantitative estimate of drug-likeness (QED) is 0.456. The maximum atomic E-state index is 12.3. The molecule has 3 fully saturated rings. The van der Waals surface area contributed by atoms with Gasteiger partial charge in [0.2, 0.25) is 0 Å². The average molecular weight is 294 g/mol. The van der Waals surface area contributed by atoms with Crippen molar-refractivity contribution in [2.75, 3.05) is 7.11 Å². The fourth-order valence-electron chi connectivity index (χ4n) is 4.75. The van der Waals surface area contributed by atoms with E-state index in [1.54, 1.807) is 13.4 Å². The van der Waals surface area contributed by atoms with Crippen LogP contribution in [0.3, 0.4) is 0 Å². The zero-order valence-electron chi connectivity index (χ0n) is 13.6. The third-order valence-electron chi connectivity index (χ3n) is 6.27. The van der Waals surface area contributed by atoms with Gasteiger partial charge in [0.15, 0.2) is 6.10 Å². The Hall–Kier alpha value is -1.03. The fourth-order valence-corrected chi connectivity index (χ4v) is 4.75. The lowest BCUT2D eigenvalue weighted by Gasteiger charge is -2.52. The summed E-state index contributed by atoms with van der Waals surface area (Å²) in [5.74, 6) is 0.896. The largest absolute Gasteiger partial charge is 0.505 e. The van der Waals surface area contributed by atoms with Crippen LogP contribution in [0.15, 0.2) is 12.3 Å². The highest BCUT2D eigenvalue weighted by molar-refractivity contribution is 5.81. The molecule has 3 aliphatic rings. The van der Waals surface area contributed by atoms with Crippen LogP contribution in [0.4, 0.5) is 0 Å². The summed E-state index contributed by atoms with van der Waals surface area (Å²) < 4.78 is 16.8. The van der Waals surface area contributed by atoms with E-state index in [2.05, 4.69) is 27.7 Å². The smallest absolute Gasteiger partial charge is 0.338 e. The first-order chi connectivity index (χ1) is 9.88. The molecule has 21 heavy (non-hydrogen) atoms. The normalized spacial score (nSPS) is 50.0. The second kappa shape index (κ2) is 4.73. The van der Waals surface area contributed by atoms with Crippen LogP contribution >= 0.6 is 0 Å². The van der Waals surface area contributed by atoms with Crippen molar-refractivity contribution in [1.82, 2.24) is 0 Å². The van der Waals surface area contributed by atoms with Gasteiger partial charge in [-0.3, -0.25) is 0 Å². The molecule has 1 aliphatic carbocycles. The van der Waals surface area contributed by atoms with E-state index in [1.165, 1.54) is 0 Å². The summed E-state index contributed by atoms with van der Waals surface area (Å²) in [4.78, 5) is 12.3. The molecule has 3 rings (SSSR count). The lowest BCUT2D eigenvalue weighted by Crippen LogP contribution is -2.61. The molecule has 118 valence electrons. The Labute approximate surface area is 126 Å². The number of methoxy groups -OCH3 is 1. The lowest BCUT2D eigenvalue weighted by molar-refractivity contribution is -0.178. The number of hydrogen-bond acceptors (Lipinski definition) is 4. The second-order valence-corrected chi connectivity index (χ2v) is 7.29. The molecule has 0 N–H and O–H groups in total. The van der Waals surface area contributed by atoms with Crippen LogP contribution < -0.4 is 0 Å². The monoisotopic (exact) mass is 294 g/mol. The highest BCUT2D eigenvalue weighted by Gasteiger charge is 2.79. The van der Waals surface area contributed by atoms with Crippen molar-refractivity contribution in [3.8, 4) is 0 Å². The number of cyclic esters (lactones) is 1. The van der Waals surface area contributed by atoms with E-state index in [0.29, 0.717) is 11.8 Å². The fraction of sp³-hybridized carbons (Fsp3) is 0.824. The van der Waals surface area contributed by atoms with Gasteiger partial charge in [0, 0.05) is 11.3 Å². The van der Waals surface area contributed by atoms with Crippen molar-refractivity contribution < 1.29 is 19.0 Å². The highest BCUT2D eigenvalue weighted by atomic mass is 16.7. The van der Waals surface area contributed by atoms with Gasteiger partial charge in [-0.1, -0.05) is 27.7 Å². The Kier molecular flexibility index (Phi) is 3.36. The molecule has 2 saturated heterocycles. The van der Waals surface area contributed by atoms with Gasteiger partial charge in [-0.2, -0.15) is 0 Å². The molecule has 7 unspecified atom stereocenters. The maximum Gasteiger partial charge on any atom is 0.338 e. The molecule has 0 amide bonds. The van der Waals surface area contributed by atoms with E-state index in [9.17, 15) is 4.79 Å². The van der Waals surface area contributed by atoms with Gasteiger partial charge < -0.3 is 14.2 Å². The standard InChI is InChI=1S/C17H26O4/c1-10-6-8-16(4)13(11(2)7-9-19-5)20-15(18)14-17(16,21-14)12(10)3/h7,9-14H,6,8H2,1-5H3/b9-7-. The second-order valence-electron chi connectivity index (χ2n) is 7.29. The molecular formula is C17H26O4. The SMILES string of the molecule is CO/C=C\C(C)C1OC(=O)C2OC23C(C)C(C)CCC13C. The van der Waals surface area contributed by atoms with Crippen molar-refractivity contribution in [3.63, 3.8) is 0 Å². The van der Waals surface area contributed by atoms with E-state index >= 15 is 0 Å². The van der Waals surface area contributed by atoms with E-state index in [-0.39, 0.29) is 35.1 Å². The number of carbonyl (C=O) groups is 1. The van der Waals surface area contributed by atoms with Gasteiger partial charge in [0.1, 0.15) is 11.7 Å². The first-order valence-electron chi connectivity index (χ1n) is 7.96.